The SMILES string of the molecule is N=S(=O)(CCCOc1ccccc1)c1ccc([N+](=O)[O-])cc1. The summed E-state index contributed by atoms with van der Waals surface area (Å²) in [5.41, 5.74) is -0.0774. The van der Waals surface area contributed by atoms with Crippen LogP contribution in [-0.2, 0) is 9.73 Å². The zero-order chi connectivity index (χ0) is 16.0. The zero-order valence-electron chi connectivity index (χ0n) is 11.8. The fraction of sp³-hybridized carbons (Fsp3) is 0.200. The summed E-state index contributed by atoms with van der Waals surface area (Å²) in [6.07, 6.45) is 0.466. The maximum atomic E-state index is 12.3. The molecule has 0 spiro atoms. The molecule has 0 aliphatic rings. The summed E-state index contributed by atoms with van der Waals surface area (Å²) in [6, 6.07) is 14.6. The van der Waals surface area contributed by atoms with Gasteiger partial charge in [0.15, 0.2) is 0 Å². The van der Waals surface area contributed by atoms with E-state index < -0.39 is 14.7 Å². The molecule has 7 heteroatoms. The van der Waals surface area contributed by atoms with E-state index >= 15 is 0 Å². The molecule has 0 heterocycles. The highest BCUT2D eigenvalue weighted by Gasteiger charge is 2.12. The van der Waals surface area contributed by atoms with E-state index in [1.54, 1.807) is 0 Å². The second kappa shape index (κ2) is 7.04. The number of hydrogen-bond acceptors (Lipinski definition) is 5. The summed E-state index contributed by atoms with van der Waals surface area (Å²) in [7, 11) is -2.96. The molecule has 2 aromatic carbocycles. The van der Waals surface area contributed by atoms with E-state index in [0.29, 0.717) is 17.9 Å². The van der Waals surface area contributed by atoms with E-state index in [-0.39, 0.29) is 11.4 Å². The van der Waals surface area contributed by atoms with Gasteiger partial charge in [0.25, 0.3) is 5.69 Å². The van der Waals surface area contributed by atoms with Crippen molar-refractivity contribution in [3.63, 3.8) is 0 Å². The van der Waals surface area contributed by atoms with Crippen LogP contribution in [0.2, 0.25) is 0 Å². The van der Waals surface area contributed by atoms with Crippen LogP contribution >= 0.6 is 0 Å². The first-order valence-electron chi connectivity index (χ1n) is 6.68. The third-order valence-corrected chi connectivity index (χ3v) is 4.91. The molecule has 0 aliphatic carbocycles. The van der Waals surface area contributed by atoms with Gasteiger partial charge in [-0.1, -0.05) is 18.2 Å². The molecular formula is C15H16N2O4S. The predicted molar refractivity (Wildman–Crippen MR) is 83.6 cm³/mol. The number of ether oxygens (including phenoxy) is 1. The number of hydrogen-bond donors (Lipinski definition) is 1. The summed E-state index contributed by atoms with van der Waals surface area (Å²) >= 11 is 0. The number of non-ortho nitro benzene ring substituents is 1. The summed E-state index contributed by atoms with van der Waals surface area (Å²) < 4.78 is 25.7. The highest BCUT2D eigenvalue weighted by Crippen LogP contribution is 2.18. The van der Waals surface area contributed by atoms with E-state index in [1.807, 2.05) is 30.3 Å². The fourth-order valence-electron chi connectivity index (χ4n) is 1.87. The van der Waals surface area contributed by atoms with Crippen LogP contribution in [0, 0.1) is 14.9 Å². The number of nitrogens with zero attached hydrogens (tertiary/aromatic N) is 1. The predicted octanol–water partition coefficient (Wildman–Crippen LogP) is 3.47. The van der Waals surface area contributed by atoms with Crippen molar-refractivity contribution in [1.82, 2.24) is 0 Å². The van der Waals surface area contributed by atoms with Gasteiger partial charge in [-0.15, -0.1) is 0 Å². The van der Waals surface area contributed by atoms with Crippen LogP contribution in [0.5, 0.6) is 5.75 Å². The van der Waals surface area contributed by atoms with E-state index in [1.165, 1.54) is 24.3 Å². The van der Waals surface area contributed by atoms with Gasteiger partial charge in [0.05, 0.1) is 21.3 Å². The average molecular weight is 320 g/mol. The molecule has 0 fully saturated rings. The molecule has 0 radical (unpaired) electrons. The largest absolute Gasteiger partial charge is 0.494 e. The highest BCUT2D eigenvalue weighted by molar-refractivity contribution is 7.92. The molecule has 1 unspecified atom stereocenters. The Morgan fingerprint density at radius 1 is 1.09 bits per heavy atom. The first-order valence-corrected chi connectivity index (χ1v) is 8.40. The standard InChI is InChI=1S/C15H16N2O4S/c16-22(20,15-9-7-13(8-10-15)17(18)19)12-4-11-21-14-5-2-1-3-6-14/h1-3,5-10,16H,4,11-12H2. The Morgan fingerprint density at radius 2 is 1.73 bits per heavy atom. The molecule has 0 saturated carbocycles. The Kier molecular flexibility index (Phi) is 5.11. The van der Waals surface area contributed by atoms with Gasteiger partial charge in [-0.25, -0.2) is 8.99 Å². The molecule has 6 nitrogen and oxygen atoms in total. The molecule has 0 saturated heterocycles. The van der Waals surface area contributed by atoms with Crippen molar-refractivity contribution in [1.29, 1.82) is 4.78 Å². The molecule has 0 aromatic heterocycles. The third-order valence-electron chi connectivity index (χ3n) is 3.02. The number of nitrogens with one attached hydrogen (secondary N) is 1. The van der Waals surface area contributed by atoms with Crippen LogP contribution in [0.1, 0.15) is 6.42 Å². The van der Waals surface area contributed by atoms with Crippen LogP contribution in [0.15, 0.2) is 59.5 Å². The lowest BCUT2D eigenvalue weighted by Gasteiger charge is -2.09. The molecule has 1 N–H and O–H groups in total. The Bertz CT molecular complexity index is 728. The summed E-state index contributed by atoms with van der Waals surface area (Å²) in [5, 5.41) is 10.6. The summed E-state index contributed by atoms with van der Waals surface area (Å²) in [5.74, 6) is 0.881. The molecule has 2 rings (SSSR count). The number of rotatable bonds is 7. The van der Waals surface area contributed by atoms with Crippen molar-refractivity contribution in [3.05, 3.63) is 64.7 Å². The van der Waals surface area contributed by atoms with Crippen LogP contribution in [0.4, 0.5) is 5.69 Å². The number of nitro benzene ring substituents is 1. The summed E-state index contributed by atoms with van der Waals surface area (Å²) in [6.45, 7) is 0.368. The minimum atomic E-state index is -2.96. The molecule has 1 atom stereocenters. The molecule has 2 aromatic rings. The van der Waals surface area contributed by atoms with E-state index in [0.717, 1.165) is 5.75 Å². The van der Waals surface area contributed by atoms with Crippen LogP contribution in [0.3, 0.4) is 0 Å². The monoisotopic (exact) mass is 320 g/mol. The second-order valence-corrected chi connectivity index (χ2v) is 6.88. The second-order valence-electron chi connectivity index (χ2n) is 4.65. The van der Waals surface area contributed by atoms with Crippen molar-refractivity contribution < 1.29 is 13.9 Å². The molecule has 22 heavy (non-hydrogen) atoms. The van der Waals surface area contributed by atoms with Crippen molar-refractivity contribution in [2.45, 2.75) is 11.3 Å². The van der Waals surface area contributed by atoms with Crippen molar-refractivity contribution in [2.24, 2.45) is 0 Å². The van der Waals surface area contributed by atoms with Crippen LogP contribution in [0.25, 0.3) is 0 Å². The number of benzene rings is 2. The maximum absolute atomic E-state index is 12.3. The average Bonchev–Trinajstić information content (AvgIpc) is 2.53. The van der Waals surface area contributed by atoms with Gasteiger partial charge >= 0.3 is 0 Å². The van der Waals surface area contributed by atoms with Crippen LogP contribution < -0.4 is 4.74 Å². The lowest BCUT2D eigenvalue weighted by Crippen LogP contribution is -2.09. The van der Waals surface area contributed by atoms with Gasteiger partial charge < -0.3 is 4.74 Å². The van der Waals surface area contributed by atoms with Gasteiger partial charge in [0, 0.05) is 22.8 Å². The topological polar surface area (TPSA) is 93.3 Å². The lowest BCUT2D eigenvalue weighted by atomic mass is 10.3. The van der Waals surface area contributed by atoms with E-state index in [2.05, 4.69) is 0 Å². The number of para-hydroxylation sites is 1. The minimum absolute atomic E-state index is 0.0774. The fourth-order valence-corrected chi connectivity index (χ4v) is 3.21. The maximum Gasteiger partial charge on any atom is 0.269 e. The number of nitro groups is 1. The Hall–Kier alpha value is -2.41. The van der Waals surface area contributed by atoms with Gasteiger partial charge in [-0.05, 0) is 30.7 Å². The molecule has 0 bridgehead atoms. The smallest absolute Gasteiger partial charge is 0.269 e. The quantitative estimate of drug-likeness (QED) is 0.480. The van der Waals surface area contributed by atoms with Gasteiger partial charge in [0.1, 0.15) is 5.75 Å². The van der Waals surface area contributed by atoms with E-state index in [4.69, 9.17) is 9.52 Å². The zero-order valence-corrected chi connectivity index (χ0v) is 12.6. The van der Waals surface area contributed by atoms with E-state index in [9.17, 15) is 14.3 Å². The first kappa shape index (κ1) is 16.0. The molecule has 116 valence electrons. The van der Waals surface area contributed by atoms with Gasteiger partial charge in [0.2, 0.25) is 0 Å². The van der Waals surface area contributed by atoms with Crippen LogP contribution in [-0.4, -0.2) is 21.5 Å². The minimum Gasteiger partial charge on any atom is -0.494 e. The highest BCUT2D eigenvalue weighted by atomic mass is 32.2. The Balaban J connectivity index is 1.89. The molecular weight excluding hydrogens is 304 g/mol. The summed E-state index contributed by atoms with van der Waals surface area (Å²) in [4.78, 5) is 10.4. The normalized spacial score (nSPS) is 13.3. The molecule has 0 amide bonds. The Labute approximate surface area is 128 Å². The van der Waals surface area contributed by atoms with Crippen molar-refractivity contribution in [3.8, 4) is 5.75 Å². The third kappa shape index (κ3) is 4.29. The Morgan fingerprint density at radius 3 is 2.32 bits per heavy atom. The lowest BCUT2D eigenvalue weighted by molar-refractivity contribution is -0.384. The van der Waals surface area contributed by atoms with Gasteiger partial charge in [-0.3, -0.25) is 10.1 Å². The van der Waals surface area contributed by atoms with Crippen molar-refractivity contribution >= 4 is 15.4 Å². The van der Waals surface area contributed by atoms with Gasteiger partial charge in [-0.2, -0.15) is 0 Å². The van der Waals surface area contributed by atoms with Crippen molar-refractivity contribution in [2.75, 3.05) is 12.4 Å². The first-order chi connectivity index (χ1) is 10.5. The molecule has 0 aliphatic heterocycles.